The van der Waals surface area contributed by atoms with Crippen LogP contribution in [0.1, 0.15) is 29.3 Å². The van der Waals surface area contributed by atoms with Gasteiger partial charge in [0.1, 0.15) is 22.3 Å². The number of carbonyl (C=O) groups is 1. The van der Waals surface area contributed by atoms with Gasteiger partial charge < -0.3 is 5.32 Å². The van der Waals surface area contributed by atoms with Gasteiger partial charge in [0, 0.05) is 16.0 Å². The van der Waals surface area contributed by atoms with E-state index in [0.29, 0.717) is 16.3 Å². The maximum Gasteiger partial charge on any atom is 0.237 e. The molecular weight excluding hydrogens is 400 g/mol. The van der Waals surface area contributed by atoms with Crippen molar-refractivity contribution in [2.45, 2.75) is 36.5 Å². The van der Waals surface area contributed by atoms with Crippen LogP contribution in [0.25, 0.3) is 10.2 Å². The minimum atomic E-state index is -0.338. The summed E-state index contributed by atoms with van der Waals surface area (Å²) in [6.07, 6.45) is 4.91. The Hall–Kier alpha value is -2.14. The summed E-state index contributed by atoms with van der Waals surface area (Å²) in [5, 5.41) is 13.8. The number of nitrogens with one attached hydrogen (secondary N) is 1. The maximum atomic E-state index is 12.6. The lowest BCUT2D eigenvalue weighted by Gasteiger charge is -2.13. The first kappa shape index (κ1) is 18.2. The smallest absolute Gasteiger partial charge is 0.237 e. The Balaban J connectivity index is 1.53. The van der Waals surface area contributed by atoms with E-state index in [4.69, 9.17) is 16.9 Å². The summed E-state index contributed by atoms with van der Waals surface area (Å²) >= 11 is 9.21. The van der Waals surface area contributed by atoms with E-state index < -0.39 is 0 Å². The van der Waals surface area contributed by atoms with Crippen molar-refractivity contribution in [1.82, 2.24) is 9.97 Å². The van der Waals surface area contributed by atoms with Crippen LogP contribution in [0.15, 0.2) is 29.6 Å². The van der Waals surface area contributed by atoms with Gasteiger partial charge in [-0.2, -0.15) is 5.26 Å². The Labute approximate surface area is 169 Å². The van der Waals surface area contributed by atoms with Crippen molar-refractivity contribution in [1.29, 1.82) is 5.26 Å². The average Bonchev–Trinajstić information content (AvgIpc) is 3.23. The SMILES string of the molecule is C[C@@H](Sc1ncnc2sc3c(c12)CCC3)C(=O)Nc1ccc(C#N)c(Cl)c1. The van der Waals surface area contributed by atoms with E-state index in [9.17, 15) is 4.79 Å². The Morgan fingerprint density at radius 2 is 2.26 bits per heavy atom. The zero-order chi connectivity index (χ0) is 19.0. The molecule has 3 aromatic rings. The highest BCUT2D eigenvalue weighted by atomic mass is 35.5. The maximum absolute atomic E-state index is 12.6. The molecule has 0 spiro atoms. The molecule has 8 heteroatoms. The molecule has 0 radical (unpaired) electrons. The van der Waals surface area contributed by atoms with Gasteiger partial charge in [-0.3, -0.25) is 4.79 Å². The zero-order valence-corrected chi connectivity index (χ0v) is 16.8. The van der Waals surface area contributed by atoms with E-state index in [0.717, 1.165) is 28.1 Å². The molecule has 136 valence electrons. The van der Waals surface area contributed by atoms with Crippen molar-refractivity contribution in [3.05, 3.63) is 45.6 Å². The lowest BCUT2D eigenvalue weighted by Crippen LogP contribution is -2.22. The lowest BCUT2D eigenvalue weighted by molar-refractivity contribution is -0.115. The largest absolute Gasteiger partial charge is 0.325 e. The van der Waals surface area contributed by atoms with Crippen LogP contribution in [-0.4, -0.2) is 21.1 Å². The number of fused-ring (bicyclic) bond motifs is 3. The zero-order valence-electron chi connectivity index (χ0n) is 14.5. The summed E-state index contributed by atoms with van der Waals surface area (Å²) in [5.41, 5.74) is 2.30. The van der Waals surface area contributed by atoms with Crippen molar-refractivity contribution in [2.75, 3.05) is 5.32 Å². The van der Waals surface area contributed by atoms with E-state index >= 15 is 0 Å². The number of hydrogen-bond donors (Lipinski definition) is 1. The van der Waals surface area contributed by atoms with E-state index in [2.05, 4.69) is 15.3 Å². The summed E-state index contributed by atoms with van der Waals surface area (Å²) in [7, 11) is 0. The fourth-order valence-electron chi connectivity index (χ4n) is 3.14. The number of anilines is 1. The summed E-state index contributed by atoms with van der Waals surface area (Å²) in [6.45, 7) is 1.85. The quantitative estimate of drug-likeness (QED) is 0.488. The summed E-state index contributed by atoms with van der Waals surface area (Å²) < 4.78 is 0. The first-order valence-electron chi connectivity index (χ1n) is 8.49. The van der Waals surface area contributed by atoms with Gasteiger partial charge in [-0.15, -0.1) is 11.3 Å². The highest BCUT2D eigenvalue weighted by Crippen LogP contribution is 2.40. The third kappa shape index (κ3) is 3.53. The number of thioether (sulfide) groups is 1. The van der Waals surface area contributed by atoms with Gasteiger partial charge in [0.25, 0.3) is 0 Å². The first-order chi connectivity index (χ1) is 13.1. The number of nitriles is 1. The van der Waals surface area contributed by atoms with E-state index in [1.807, 2.05) is 13.0 Å². The highest BCUT2D eigenvalue weighted by molar-refractivity contribution is 8.00. The van der Waals surface area contributed by atoms with Crippen molar-refractivity contribution in [2.24, 2.45) is 0 Å². The number of nitrogens with zero attached hydrogens (tertiary/aromatic N) is 3. The van der Waals surface area contributed by atoms with Crippen LogP contribution in [0.2, 0.25) is 5.02 Å². The second-order valence-corrected chi connectivity index (χ2v) is 9.09. The Kier molecular flexibility index (Phi) is 5.04. The second kappa shape index (κ2) is 7.47. The topological polar surface area (TPSA) is 78.7 Å². The number of amides is 1. The van der Waals surface area contributed by atoms with Gasteiger partial charge in [-0.1, -0.05) is 23.4 Å². The van der Waals surface area contributed by atoms with Gasteiger partial charge in [-0.05, 0) is 49.9 Å². The molecule has 4 rings (SSSR count). The summed E-state index contributed by atoms with van der Waals surface area (Å²) in [4.78, 5) is 23.9. The molecule has 1 aromatic carbocycles. The van der Waals surface area contributed by atoms with Crippen LogP contribution in [0.4, 0.5) is 5.69 Å². The normalized spacial score (nSPS) is 14.0. The third-order valence-electron chi connectivity index (χ3n) is 4.48. The third-order valence-corrected chi connectivity index (χ3v) is 7.09. The second-order valence-electron chi connectivity index (χ2n) is 6.27. The van der Waals surface area contributed by atoms with Crippen LogP contribution in [0.3, 0.4) is 0 Å². The minimum Gasteiger partial charge on any atom is -0.325 e. The summed E-state index contributed by atoms with van der Waals surface area (Å²) in [5.74, 6) is -0.139. The molecule has 1 aliphatic rings. The molecule has 0 bridgehead atoms. The fraction of sp³-hybridized carbons (Fsp3) is 0.263. The summed E-state index contributed by atoms with van der Waals surface area (Å²) in [6, 6.07) is 6.86. The predicted octanol–water partition coefficient (Wildman–Crippen LogP) is 4.82. The number of benzene rings is 1. The van der Waals surface area contributed by atoms with Crippen LogP contribution in [0.5, 0.6) is 0 Å². The molecule has 0 saturated heterocycles. The highest BCUT2D eigenvalue weighted by Gasteiger charge is 2.24. The molecule has 1 amide bonds. The molecule has 1 N–H and O–H groups in total. The van der Waals surface area contributed by atoms with E-state index in [1.54, 1.807) is 35.9 Å². The lowest BCUT2D eigenvalue weighted by atomic mass is 10.2. The van der Waals surface area contributed by atoms with Crippen LogP contribution in [-0.2, 0) is 17.6 Å². The Bertz CT molecular complexity index is 1090. The number of rotatable bonds is 4. The predicted molar refractivity (Wildman–Crippen MR) is 110 cm³/mol. The standard InChI is InChI=1S/C19H15ClN4OS2/c1-10(17(25)24-12-6-5-11(8-21)14(20)7-12)26-18-16-13-3-2-4-15(13)27-19(16)23-9-22-18/h5-7,9-10H,2-4H2,1H3,(H,24,25)/t10-/m1/s1. The van der Waals surface area contributed by atoms with Gasteiger partial charge in [0.15, 0.2) is 0 Å². The number of thiophene rings is 1. The van der Waals surface area contributed by atoms with Crippen molar-refractivity contribution in [3.63, 3.8) is 0 Å². The van der Waals surface area contributed by atoms with Crippen LogP contribution in [0, 0.1) is 11.3 Å². The molecule has 2 heterocycles. The van der Waals surface area contributed by atoms with Gasteiger partial charge in [0.05, 0.1) is 15.8 Å². The van der Waals surface area contributed by atoms with E-state index in [-0.39, 0.29) is 11.2 Å². The number of hydrogen-bond acceptors (Lipinski definition) is 6. The van der Waals surface area contributed by atoms with Crippen LogP contribution >= 0.6 is 34.7 Å². The molecule has 0 aliphatic heterocycles. The average molecular weight is 415 g/mol. The first-order valence-corrected chi connectivity index (χ1v) is 10.6. The van der Waals surface area contributed by atoms with Crippen molar-refractivity contribution < 1.29 is 4.79 Å². The Morgan fingerprint density at radius 1 is 1.41 bits per heavy atom. The van der Waals surface area contributed by atoms with Gasteiger partial charge in [-0.25, -0.2) is 9.97 Å². The molecule has 0 fully saturated rings. The number of halogens is 1. The molecule has 5 nitrogen and oxygen atoms in total. The minimum absolute atomic E-state index is 0.139. The number of carbonyl (C=O) groups excluding carboxylic acids is 1. The van der Waals surface area contributed by atoms with E-state index in [1.165, 1.54) is 28.6 Å². The molecule has 27 heavy (non-hydrogen) atoms. The number of aryl methyl sites for hydroxylation is 2. The molecule has 2 aromatic heterocycles. The molecule has 1 atom stereocenters. The fourth-order valence-corrected chi connectivity index (χ4v) is 5.60. The molecule has 0 saturated carbocycles. The molecule has 0 unspecified atom stereocenters. The van der Waals surface area contributed by atoms with Gasteiger partial charge >= 0.3 is 0 Å². The number of aromatic nitrogens is 2. The van der Waals surface area contributed by atoms with Gasteiger partial charge in [0.2, 0.25) is 5.91 Å². The van der Waals surface area contributed by atoms with Crippen molar-refractivity contribution >= 4 is 56.5 Å². The monoisotopic (exact) mass is 414 g/mol. The molecule has 1 aliphatic carbocycles. The van der Waals surface area contributed by atoms with Crippen LogP contribution < -0.4 is 5.32 Å². The molecular formula is C19H15ClN4OS2. The Morgan fingerprint density at radius 3 is 3.04 bits per heavy atom. The van der Waals surface area contributed by atoms with Crippen molar-refractivity contribution in [3.8, 4) is 6.07 Å².